The summed E-state index contributed by atoms with van der Waals surface area (Å²) in [5, 5.41) is 5.87. The van der Waals surface area contributed by atoms with Crippen LogP contribution in [-0.2, 0) is 6.54 Å². The van der Waals surface area contributed by atoms with Crippen LogP contribution >= 0.6 is 0 Å². The van der Waals surface area contributed by atoms with E-state index in [4.69, 9.17) is 0 Å². The summed E-state index contributed by atoms with van der Waals surface area (Å²) in [5.41, 5.74) is 4.10. The standard InChI is InChI=1S/C21H28N4O/c1-16-7-8-17(2)19(13-16)24-21(26)23-15-18-9-10-22-20(14-18)25-11-5-3-4-6-12-25/h7-10,13-14H,3-6,11-12,15H2,1-2H3,(H2,23,24,26). The highest BCUT2D eigenvalue weighted by Gasteiger charge is 2.12. The van der Waals surface area contributed by atoms with Crippen LogP contribution in [0.5, 0.6) is 0 Å². The van der Waals surface area contributed by atoms with Gasteiger partial charge in [-0.05, 0) is 61.6 Å². The smallest absolute Gasteiger partial charge is 0.319 e. The Bertz CT molecular complexity index is 751. The average molecular weight is 352 g/mol. The minimum atomic E-state index is -0.188. The molecule has 2 amide bonds. The predicted octanol–water partition coefficient (Wildman–Crippen LogP) is 4.40. The molecule has 26 heavy (non-hydrogen) atoms. The molecule has 0 saturated carbocycles. The maximum Gasteiger partial charge on any atom is 0.319 e. The number of nitrogens with one attached hydrogen (secondary N) is 2. The third-order valence-corrected chi connectivity index (χ3v) is 4.83. The average Bonchev–Trinajstić information content (AvgIpc) is 2.93. The van der Waals surface area contributed by atoms with Crippen LogP contribution in [0.4, 0.5) is 16.3 Å². The summed E-state index contributed by atoms with van der Waals surface area (Å²) in [6.07, 6.45) is 6.89. The third-order valence-electron chi connectivity index (χ3n) is 4.83. The van der Waals surface area contributed by atoms with E-state index < -0.39 is 0 Å². The maximum absolute atomic E-state index is 12.2. The van der Waals surface area contributed by atoms with Gasteiger partial charge in [-0.15, -0.1) is 0 Å². The van der Waals surface area contributed by atoms with Gasteiger partial charge in [-0.3, -0.25) is 0 Å². The number of aryl methyl sites for hydroxylation is 2. The maximum atomic E-state index is 12.2. The molecule has 1 aromatic heterocycles. The normalized spacial score (nSPS) is 14.6. The molecule has 0 aliphatic carbocycles. The van der Waals surface area contributed by atoms with E-state index in [2.05, 4.69) is 26.6 Å². The molecule has 1 aliphatic heterocycles. The van der Waals surface area contributed by atoms with Gasteiger partial charge in [0.1, 0.15) is 5.82 Å². The quantitative estimate of drug-likeness (QED) is 0.857. The fourth-order valence-corrected chi connectivity index (χ4v) is 3.26. The van der Waals surface area contributed by atoms with Crippen molar-refractivity contribution in [1.29, 1.82) is 0 Å². The molecule has 0 atom stereocenters. The van der Waals surface area contributed by atoms with E-state index in [-0.39, 0.29) is 6.03 Å². The molecule has 2 aromatic rings. The van der Waals surface area contributed by atoms with Crippen molar-refractivity contribution >= 4 is 17.5 Å². The lowest BCUT2D eigenvalue weighted by Gasteiger charge is -2.21. The van der Waals surface area contributed by atoms with Crippen molar-refractivity contribution in [2.75, 3.05) is 23.3 Å². The molecule has 1 saturated heterocycles. The van der Waals surface area contributed by atoms with E-state index in [9.17, 15) is 4.79 Å². The van der Waals surface area contributed by atoms with Gasteiger partial charge in [0.25, 0.3) is 0 Å². The molecule has 0 unspecified atom stereocenters. The number of nitrogens with zero attached hydrogens (tertiary/aromatic N) is 2. The van der Waals surface area contributed by atoms with Gasteiger partial charge < -0.3 is 15.5 Å². The van der Waals surface area contributed by atoms with Crippen LogP contribution in [0.25, 0.3) is 0 Å². The molecule has 0 spiro atoms. The van der Waals surface area contributed by atoms with Gasteiger partial charge in [0.05, 0.1) is 0 Å². The Kier molecular flexibility index (Phi) is 6.10. The summed E-state index contributed by atoms with van der Waals surface area (Å²) >= 11 is 0. The summed E-state index contributed by atoms with van der Waals surface area (Å²) in [6.45, 7) is 6.63. The number of rotatable bonds is 4. The summed E-state index contributed by atoms with van der Waals surface area (Å²) in [6, 6.07) is 9.90. The molecule has 138 valence electrons. The van der Waals surface area contributed by atoms with Crippen molar-refractivity contribution in [1.82, 2.24) is 10.3 Å². The topological polar surface area (TPSA) is 57.3 Å². The van der Waals surface area contributed by atoms with Crippen LogP contribution in [0.3, 0.4) is 0 Å². The Hall–Kier alpha value is -2.56. The molecule has 5 heteroatoms. The van der Waals surface area contributed by atoms with Crippen molar-refractivity contribution in [2.45, 2.75) is 46.1 Å². The van der Waals surface area contributed by atoms with Crippen molar-refractivity contribution in [3.8, 4) is 0 Å². The first-order valence-electron chi connectivity index (χ1n) is 9.44. The Morgan fingerprint density at radius 3 is 2.62 bits per heavy atom. The van der Waals surface area contributed by atoms with Crippen molar-refractivity contribution in [3.63, 3.8) is 0 Å². The van der Waals surface area contributed by atoms with E-state index in [0.29, 0.717) is 6.54 Å². The number of hydrogen-bond donors (Lipinski definition) is 2. The fraction of sp³-hybridized carbons (Fsp3) is 0.429. The van der Waals surface area contributed by atoms with Crippen LogP contribution in [0.1, 0.15) is 42.4 Å². The number of carbonyl (C=O) groups excluding carboxylic acids is 1. The van der Waals surface area contributed by atoms with Gasteiger partial charge in [0.15, 0.2) is 0 Å². The van der Waals surface area contributed by atoms with E-state index >= 15 is 0 Å². The largest absolute Gasteiger partial charge is 0.357 e. The van der Waals surface area contributed by atoms with Gasteiger partial charge >= 0.3 is 6.03 Å². The number of anilines is 2. The van der Waals surface area contributed by atoms with Crippen LogP contribution in [0, 0.1) is 13.8 Å². The third kappa shape index (κ3) is 4.97. The second-order valence-electron chi connectivity index (χ2n) is 7.05. The van der Waals surface area contributed by atoms with Crippen LogP contribution in [-0.4, -0.2) is 24.1 Å². The molecule has 5 nitrogen and oxygen atoms in total. The Morgan fingerprint density at radius 1 is 1.08 bits per heavy atom. The zero-order chi connectivity index (χ0) is 18.4. The van der Waals surface area contributed by atoms with E-state index in [1.807, 2.05) is 44.3 Å². The molecule has 0 bridgehead atoms. The highest BCUT2D eigenvalue weighted by Crippen LogP contribution is 2.19. The summed E-state index contributed by atoms with van der Waals surface area (Å²) in [7, 11) is 0. The number of carbonyl (C=O) groups is 1. The summed E-state index contributed by atoms with van der Waals surface area (Å²) in [5.74, 6) is 1.01. The first-order valence-corrected chi connectivity index (χ1v) is 9.44. The zero-order valence-corrected chi connectivity index (χ0v) is 15.7. The molecule has 2 heterocycles. The van der Waals surface area contributed by atoms with Crippen molar-refractivity contribution in [2.24, 2.45) is 0 Å². The predicted molar refractivity (Wildman–Crippen MR) is 107 cm³/mol. The van der Waals surface area contributed by atoms with E-state index in [0.717, 1.165) is 41.3 Å². The first kappa shape index (κ1) is 18.2. The molecule has 1 fully saturated rings. The van der Waals surface area contributed by atoms with Crippen LogP contribution in [0.15, 0.2) is 36.5 Å². The second-order valence-corrected chi connectivity index (χ2v) is 7.05. The molecule has 1 aliphatic rings. The molecule has 0 radical (unpaired) electrons. The number of hydrogen-bond acceptors (Lipinski definition) is 3. The molecule has 2 N–H and O–H groups in total. The van der Waals surface area contributed by atoms with E-state index in [1.165, 1.54) is 25.7 Å². The Balaban J connectivity index is 1.58. The molecular weight excluding hydrogens is 324 g/mol. The number of aromatic nitrogens is 1. The summed E-state index contributed by atoms with van der Waals surface area (Å²) in [4.78, 5) is 19.1. The van der Waals surface area contributed by atoms with Crippen LogP contribution in [0.2, 0.25) is 0 Å². The minimum Gasteiger partial charge on any atom is -0.357 e. The molecular formula is C21H28N4O. The van der Waals surface area contributed by atoms with Crippen LogP contribution < -0.4 is 15.5 Å². The lowest BCUT2D eigenvalue weighted by atomic mass is 10.1. The number of benzene rings is 1. The minimum absolute atomic E-state index is 0.188. The lowest BCUT2D eigenvalue weighted by Crippen LogP contribution is -2.29. The van der Waals surface area contributed by atoms with Crippen molar-refractivity contribution < 1.29 is 4.79 Å². The van der Waals surface area contributed by atoms with Crippen molar-refractivity contribution in [3.05, 3.63) is 53.2 Å². The number of amides is 2. The highest BCUT2D eigenvalue weighted by atomic mass is 16.2. The molecule has 3 rings (SSSR count). The van der Waals surface area contributed by atoms with Gasteiger partial charge in [0.2, 0.25) is 0 Å². The Labute approximate surface area is 155 Å². The molecule has 1 aromatic carbocycles. The zero-order valence-electron chi connectivity index (χ0n) is 15.7. The lowest BCUT2D eigenvalue weighted by molar-refractivity contribution is 0.251. The SMILES string of the molecule is Cc1ccc(C)c(NC(=O)NCc2ccnc(N3CCCCCC3)c2)c1. The highest BCUT2D eigenvalue weighted by molar-refractivity contribution is 5.90. The first-order chi connectivity index (χ1) is 12.6. The van der Waals surface area contributed by atoms with Gasteiger partial charge in [-0.1, -0.05) is 25.0 Å². The summed E-state index contributed by atoms with van der Waals surface area (Å²) < 4.78 is 0. The monoisotopic (exact) mass is 352 g/mol. The fourth-order valence-electron chi connectivity index (χ4n) is 3.26. The Morgan fingerprint density at radius 2 is 1.85 bits per heavy atom. The van der Waals surface area contributed by atoms with Gasteiger partial charge in [-0.25, -0.2) is 9.78 Å². The van der Waals surface area contributed by atoms with Gasteiger partial charge in [-0.2, -0.15) is 0 Å². The second kappa shape index (κ2) is 8.70. The van der Waals surface area contributed by atoms with E-state index in [1.54, 1.807) is 0 Å². The number of urea groups is 1. The van der Waals surface area contributed by atoms with Gasteiger partial charge in [0, 0.05) is 31.5 Å². The number of pyridine rings is 1.